The third-order valence-electron chi connectivity index (χ3n) is 3.27. The van der Waals surface area contributed by atoms with E-state index in [4.69, 9.17) is 4.74 Å². The molecule has 1 aliphatic rings. The van der Waals surface area contributed by atoms with Crippen LogP contribution in [0, 0.1) is 0 Å². The van der Waals surface area contributed by atoms with Crippen LogP contribution in [0.4, 0.5) is 11.4 Å². The molecule has 18 heavy (non-hydrogen) atoms. The van der Waals surface area contributed by atoms with Gasteiger partial charge in [-0.05, 0) is 31.0 Å². The van der Waals surface area contributed by atoms with Gasteiger partial charge in [-0.15, -0.1) is 0 Å². The zero-order valence-electron chi connectivity index (χ0n) is 10.9. The molecule has 4 heteroatoms. The van der Waals surface area contributed by atoms with Crippen LogP contribution in [-0.4, -0.2) is 25.2 Å². The van der Waals surface area contributed by atoms with E-state index in [0.29, 0.717) is 18.6 Å². The van der Waals surface area contributed by atoms with E-state index in [1.165, 1.54) is 0 Å². The summed E-state index contributed by atoms with van der Waals surface area (Å²) in [6.07, 6.45) is 2.98. The zero-order valence-corrected chi connectivity index (χ0v) is 10.9. The van der Waals surface area contributed by atoms with Crippen LogP contribution < -0.4 is 10.6 Å². The molecule has 1 aromatic carbocycles. The highest BCUT2D eigenvalue weighted by Crippen LogP contribution is 2.27. The normalized spacial score (nSPS) is 22.1. The van der Waals surface area contributed by atoms with Crippen LogP contribution in [0.5, 0.6) is 0 Å². The van der Waals surface area contributed by atoms with Crippen LogP contribution in [-0.2, 0) is 9.53 Å². The highest BCUT2D eigenvalue weighted by molar-refractivity contribution is 5.90. The van der Waals surface area contributed by atoms with Crippen molar-refractivity contribution in [3.63, 3.8) is 0 Å². The molecule has 0 saturated heterocycles. The van der Waals surface area contributed by atoms with Crippen molar-refractivity contribution in [1.29, 1.82) is 0 Å². The van der Waals surface area contributed by atoms with E-state index in [2.05, 4.69) is 10.6 Å². The molecule has 0 radical (unpaired) electrons. The molecule has 1 aromatic rings. The molecule has 4 nitrogen and oxygen atoms in total. The molecule has 0 aliphatic heterocycles. The number of rotatable bonds is 5. The van der Waals surface area contributed by atoms with Crippen LogP contribution in [0.2, 0.25) is 0 Å². The standard InChI is InChI=1S/C14H20N2O2/c1-3-14(17)16-11-6-4-5-10(7-11)15-12-8-13(9-12)18-2/h4-7,12-13,15H,3,8-9H2,1-2H3,(H,16,17). The summed E-state index contributed by atoms with van der Waals surface area (Å²) in [6, 6.07) is 8.31. The molecule has 1 amide bonds. The van der Waals surface area contributed by atoms with Gasteiger partial charge in [0, 0.05) is 30.9 Å². The average Bonchev–Trinajstić information content (AvgIpc) is 2.33. The number of hydrogen-bond acceptors (Lipinski definition) is 3. The molecule has 2 rings (SSSR count). The Hall–Kier alpha value is -1.55. The minimum atomic E-state index is 0.0373. The number of carbonyl (C=O) groups excluding carboxylic acids is 1. The van der Waals surface area contributed by atoms with Crippen LogP contribution in [0.1, 0.15) is 26.2 Å². The summed E-state index contributed by atoms with van der Waals surface area (Å²) < 4.78 is 5.25. The maximum absolute atomic E-state index is 11.3. The lowest BCUT2D eigenvalue weighted by Crippen LogP contribution is -2.40. The van der Waals surface area contributed by atoms with E-state index >= 15 is 0 Å². The summed E-state index contributed by atoms with van der Waals surface area (Å²) in [6.45, 7) is 1.84. The van der Waals surface area contributed by atoms with E-state index < -0.39 is 0 Å². The van der Waals surface area contributed by atoms with Crippen LogP contribution in [0.3, 0.4) is 0 Å². The smallest absolute Gasteiger partial charge is 0.224 e. The molecule has 0 bridgehead atoms. The van der Waals surface area contributed by atoms with Crippen molar-refractivity contribution in [2.45, 2.75) is 38.3 Å². The van der Waals surface area contributed by atoms with Gasteiger partial charge in [-0.1, -0.05) is 13.0 Å². The minimum absolute atomic E-state index is 0.0373. The lowest BCUT2D eigenvalue weighted by molar-refractivity contribution is -0.115. The number of anilines is 2. The molecule has 1 fully saturated rings. The summed E-state index contributed by atoms with van der Waals surface area (Å²) in [4.78, 5) is 11.3. The summed E-state index contributed by atoms with van der Waals surface area (Å²) >= 11 is 0. The largest absolute Gasteiger partial charge is 0.382 e. The topological polar surface area (TPSA) is 50.4 Å². The summed E-state index contributed by atoms with van der Waals surface area (Å²) in [5.41, 5.74) is 1.89. The number of carbonyl (C=O) groups is 1. The third kappa shape index (κ3) is 3.23. The number of amides is 1. The van der Waals surface area contributed by atoms with Crippen LogP contribution in [0.25, 0.3) is 0 Å². The highest BCUT2D eigenvalue weighted by Gasteiger charge is 2.28. The quantitative estimate of drug-likeness (QED) is 0.842. The van der Waals surface area contributed by atoms with Gasteiger partial charge in [-0.25, -0.2) is 0 Å². The van der Waals surface area contributed by atoms with Gasteiger partial charge in [0.25, 0.3) is 0 Å². The Labute approximate surface area is 108 Å². The Morgan fingerprint density at radius 3 is 2.78 bits per heavy atom. The van der Waals surface area contributed by atoms with Crippen molar-refractivity contribution in [2.75, 3.05) is 17.7 Å². The molecule has 1 saturated carbocycles. The van der Waals surface area contributed by atoms with E-state index in [1.807, 2.05) is 31.2 Å². The molecule has 0 aromatic heterocycles. The van der Waals surface area contributed by atoms with Gasteiger partial charge in [-0.3, -0.25) is 4.79 Å². The predicted molar refractivity (Wildman–Crippen MR) is 72.8 cm³/mol. The number of benzene rings is 1. The minimum Gasteiger partial charge on any atom is -0.382 e. The van der Waals surface area contributed by atoms with Gasteiger partial charge in [0.1, 0.15) is 0 Å². The third-order valence-corrected chi connectivity index (χ3v) is 3.27. The molecular formula is C14H20N2O2. The first-order valence-electron chi connectivity index (χ1n) is 6.40. The maximum Gasteiger partial charge on any atom is 0.224 e. The molecule has 0 unspecified atom stereocenters. The van der Waals surface area contributed by atoms with Crippen LogP contribution in [0.15, 0.2) is 24.3 Å². The second-order valence-corrected chi connectivity index (χ2v) is 4.65. The van der Waals surface area contributed by atoms with E-state index in [0.717, 1.165) is 24.2 Å². The molecule has 98 valence electrons. The predicted octanol–water partition coefficient (Wildman–Crippen LogP) is 2.62. The maximum atomic E-state index is 11.3. The average molecular weight is 248 g/mol. The van der Waals surface area contributed by atoms with Gasteiger partial charge in [-0.2, -0.15) is 0 Å². The van der Waals surface area contributed by atoms with Crippen molar-refractivity contribution in [3.8, 4) is 0 Å². The monoisotopic (exact) mass is 248 g/mol. The lowest BCUT2D eigenvalue weighted by Gasteiger charge is -2.35. The summed E-state index contributed by atoms with van der Waals surface area (Å²) in [5.74, 6) is 0.0373. The van der Waals surface area contributed by atoms with Crippen molar-refractivity contribution < 1.29 is 9.53 Å². The Bertz CT molecular complexity index is 414. The van der Waals surface area contributed by atoms with Gasteiger partial charge in [0.15, 0.2) is 0 Å². The molecule has 1 aliphatic carbocycles. The SMILES string of the molecule is CCC(=O)Nc1cccc(NC2CC(OC)C2)c1. The number of hydrogen-bond donors (Lipinski definition) is 2. The highest BCUT2D eigenvalue weighted by atomic mass is 16.5. The molecule has 0 spiro atoms. The number of nitrogens with one attached hydrogen (secondary N) is 2. The van der Waals surface area contributed by atoms with Gasteiger partial charge in [0.05, 0.1) is 6.10 Å². The van der Waals surface area contributed by atoms with Crippen molar-refractivity contribution >= 4 is 17.3 Å². The zero-order chi connectivity index (χ0) is 13.0. The second kappa shape index (κ2) is 5.87. The van der Waals surface area contributed by atoms with Crippen molar-refractivity contribution in [1.82, 2.24) is 0 Å². The van der Waals surface area contributed by atoms with Gasteiger partial charge in [0.2, 0.25) is 5.91 Å². The van der Waals surface area contributed by atoms with E-state index in [-0.39, 0.29) is 5.91 Å². The molecular weight excluding hydrogens is 228 g/mol. The number of methoxy groups -OCH3 is 1. The molecule has 0 heterocycles. The first-order valence-corrected chi connectivity index (χ1v) is 6.40. The van der Waals surface area contributed by atoms with E-state index in [1.54, 1.807) is 7.11 Å². The lowest BCUT2D eigenvalue weighted by atomic mass is 9.89. The Kier molecular flexibility index (Phi) is 4.20. The van der Waals surface area contributed by atoms with Gasteiger partial charge >= 0.3 is 0 Å². The van der Waals surface area contributed by atoms with Crippen molar-refractivity contribution in [3.05, 3.63) is 24.3 Å². The fourth-order valence-electron chi connectivity index (χ4n) is 2.05. The Balaban J connectivity index is 1.89. The first-order chi connectivity index (χ1) is 8.71. The second-order valence-electron chi connectivity index (χ2n) is 4.65. The fourth-order valence-corrected chi connectivity index (χ4v) is 2.05. The summed E-state index contributed by atoms with van der Waals surface area (Å²) in [5, 5.41) is 6.30. The Morgan fingerprint density at radius 1 is 1.39 bits per heavy atom. The fraction of sp³-hybridized carbons (Fsp3) is 0.500. The Morgan fingerprint density at radius 2 is 2.11 bits per heavy atom. The molecule has 0 atom stereocenters. The van der Waals surface area contributed by atoms with E-state index in [9.17, 15) is 4.79 Å². The number of ether oxygens (including phenoxy) is 1. The van der Waals surface area contributed by atoms with Crippen LogP contribution >= 0.6 is 0 Å². The van der Waals surface area contributed by atoms with Gasteiger partial charge < -0.3 is 15.4 Å². The summed E-state index contributed by atoms with van der Waals surface area (Å²) in [7, 11) is 1.75. The first kappa shape index (κ1) is 12.9. The molecule has 2 N–H and O–H groups in total. The van der Waals surface area contributed by atoms with Crippen molar-refractivity contribution in [2.24, 2.45) is 0 Å².